The summed E-state index contributed by atoms with van der Waals surface area (Å²) < 4.78 is 10.3. The topological polar surface area (TPSA) is 72.8 Å². The number of rotatable bonds is 8. The zero-order valence-corrected chi connectivity index (χ0v) is 12.4. The number of aliphatic carboxylic acids is 1. The second-order valence-electron chi connectivity index (χ2n) is 4.19. The number of carboxylic acids is 1. The molecule has 1 aromatic rings. The Kier molecular flexibility index (Phi) is 7.32. The third-order valence-corrected chi connectivity index (χ3v) is 2.84. The number of esters is 1. The van der Waals surface area contributed by atoms with E-state index in [1.54, 1.807) is 18.2 Å². The Labute approximate surface area is 128 Å². The van der Waals surface area contributed by atoms with Gasteiger partial charge >= 0.3 is 11.9 Å². The van der Waals surface area contributed by atoms with Crippen molar-refractivity contribution in [3.05, 3.63) is 34.9 Å². The van der Waals surface area contributed by atoms with Gasteiger partial charge in [-0.1, -0.05) is 31.0 Å². The Morgan fingerprint density at radius 1 is 1.38 bits per heavy atom. The molecule has 0 saturated carbocycles. The molecule has 0 spiro atoms. The maximum absolute atomic E-state index is 11.5. The predicted molar refractivity (Wildman–Crippen MR) is 79.5 cm³/mol. The van der Waals surface area contributed by atoms with E-state index in [4.69, 9.17) is 26.2 Å². The van der Waals surface area contributed by atoms with Gasteiger partial charge in [0.05, 0.1) is 11.6 Å². The molecule has 0 aliphatic heterocycles. The van der Waals surface area contributed by atoms with Crippen LogP contribution in [0, 0.1) is 0 Å². The summed E-state index contributed by atoms with van der Waals surface area (Å²) in [6.07, 6.45) is 4.01. The van der Waals surface area contributed by atoms with Crippen molar-refractivity contribution in [1.29, 1.82) is 0 Å². The number of benzene rings is 1. The van der Waals surface area contributed by atoms with E-state index in [-0.39, 0.29) is 6.61 Å². The lowest BCUT2D eigenvalue weighted by molar-refractivity contribution is -0.146. The fraction of sp³-hybridized carbons (Fsp3) is 0.333. The molecule has 21 heavy (non-hydrogen) atoms. The molecule has 0 aliphatic rings. The lowest BCUT2D eigenvalue weighted by Gasteiger charge is -2.10. The Morgan fingerprint density at radius 3 is 2.81 bits per heavy atom. The van der Waals surface area contributed by atoms with Gasteiger partial charge in [-0.05, 0) is 24.6 Å². The summed E-state index contributed by atoms with van der Waals surface area (Å²) in [5, 5.41) is 8.99. The van der Waals surface area contributed by atoms with Crippen molar-refractivity contribution in [1.82, 2.24) is 0 Å². The van der Waals surface area contributed by atoms with Crippen LogP contribution in [0.5, 0.6) is 5.75 Å². The molecule has 1 N–H and O–H groups in total. The van der Waals surface area contributed by atoms with Gasteiger partial charge in [0.25, 0.3) is 0 Å². The monoisotopic (exact) mass is 312 g/mol. The van der Waals surface area contributed by atoms with Gasteiger partial charge in [-0.2, -0.15) is 0 Å². The SMILES string of the molecule is CCCCOC(=O)COc1cccc(Cl)c1/C=C/C(=O)O. The van der Waals surface area contributed by atoms with Crippen LogP contribution in [0.1, 0.15) is 25.3 Å². The summed E-state index contributed by atoms with van der Waals surface area (Å²) in [7, 11) is 0. The smallest absolute Gasteiger partial charge is 0.344 e. The van der Waals surface area contributed by atoms with Crippen LogP contribution >= 0.6 is 11.6 Å². The second-order valence-corrected chi connectivity index (χ2v) is 4.59. The maximum Gasteiger partial charge on any atom is 0.344 e. The number of ether oxygens (including phenoxy) is 2. The minimum atomic E-state index is -1.10. The third-order valence-electron chi connectivity index (χ3n) is 2.51. The lowest BCUT2D eigenvalue weighted by Crippen LogP contribution is -2.15. The summed E-state index contributed by atoms with van der Waals surface area (Å²) in [5.74, 6) is -1.25. The minimum absolute atomic E-state index is 0.252. The van der Waals surface area contributed by atoms with Gasteiger partial charge in [-0.3, -0.25) is 0 Å². The summed E-state index contributed by atoms with van der Waals surface area (Å²) >= 11 is 5.99. The van der Waals surface area contributed by atoms with E-state index in [1.165, 1.54) is 6.08 Å². The highest BCUT2D eigenvalue weighted by Gasteiger charge is 2.09. The summed E-state index contributed by atoms with van der Waals surface area (Å²) in [5.41, 5.74) is 0.405. The minimum Gasteiger partial charge on any atom is -0.481 e. The van der Waals surface area contributed by atoms with Crippen molar-refractivity contribution >= 4 is 29.6 Å². The molecule has 0 bridgehead atoms. The first-order valence-electron chi connectivity index (χ1n) is 6.52. The molecular weight excluding hydrogens is 296 g/mol. The normalized spacial score (nSPS) is 10.6. The number of carbonyl (C=O) groups is 2. The van der Waals surface area contributed by atoms with Crippen LogP contribution < -0.4 is 4.74 Å². The molecule has 0 aromatic heterocycles. The standard InChI is InChI=1S/C15H17ClO5/c1-2-3-9-20-15(19)10-21-13-6-4-5-12(16)11(13)7-8-14(17)18/h4-8H,2-3,9-10H2,1H3,(H,17,18)/b8-7+. The molecule has 114 valence electrons. The van der Waals surface area contributed by atoms with E-state index in [2.05, 4.69) is 0 Å². The van der Waals surface area contributed by atoms with Crippen molar-refractivity contribution in [2.75, 3.05) is 13.2 Å². The Hall–Kier alpha value is -2.01. The lowest BCUT2D eigenvalue weighted by atomic mass is 10.2. The van der Waals surface area contributed by atoms with Crippen LogP contribution in [0.3, 0.4) is 0 Å². The van der Waals surface area contributed by atoms with Crippen LogP contribution in [-0.4, -0.2) is 30.3 Å². The van der Waals surface area contributed by atoms with E-state index >= 15 is 0 Å². The highest BCUT2D eigenvalue weighted by molar-refractivity contribution is 6.32. The van der Waals surface area contributed by atoms with Gasteiger partial charge in [-0.15, -0.1) is 0 Å². The number of halogens is 1. The number of unbranched alkanes of at least 4 members (excludes halogenated alkanes) is 1. The van der Waals surface area contributed by atoms with Crippen LogP contribution in [0.25, 0.3) is 6.08 Å². The molecular formula is C15H17ClO5. The molecule has 0 amide bonds. The molecule has 0 saturated heterocycles. The van der Waals surface area contributed by atoms with E-state index in [0.717, 1.165) is 18.9 Å². The van der Waals surface area contributed by atoms with E-state index in [9.17, 15) is 9.59 Å². The first-order valence-corrected chi connectivity index (χ1v) is 6.90. The second kappa shape index (κ2) is 9.02. The Morgan fingerprint density at radius 2 is 2.14 bits per heavy atom. The van der Waals surface area contributed by atoms with E-state index in [0.29, 0.717) is 22.9 Å². The highest BCUT2D eigenvalue weighted by atomic mass is 35.5. The summed E-state index contributed by atoms with van der Waals surface area (Å²) in [4.78, 5) is 22.0. The average molecular weight is 313 g/mol. The molecule has 0 fully saturated rings. The van der Waals surface area contributed by atoms with Gasteiger partial charge in [-0.25, -0.2) is 9.59 Å². The third kappa shape index (κ3) is 6.31. The van der Waals surface area contributed by atoms with Gasteiger partial charge in [0.15, 0.2) is 6.61 Å². The van der Waals surface area contributed by atoms with Gasteiger partial charge in [0, 0.05) is 11.6 Å². The largest absolute Gasteiger partial charge is 0.481 e. The van der Waals surface area contributed by atoms with Gasteiger partial charge < -0.3 is 14.6 Å². The van der Waals surface area contributed by atoms with Crippen molar-refractivity contribution in [2.24, 2.45) is 0 Å². The zero-order valence-electron chi connectivity index (χ0n) is 11.7. The average Bonchev–Trinajstić information content (AvgIpc) is 2.44. The Bertz CT molecular complexity index is 525. The summed E-state index contributed by atoms with van der Waals surface area (Å²) in [6, 6.07) is 4.86. The number of hydrogen-bond donors (Lipinski definition) is 1. The first kappa shape index (κ1) is 17.0. The van der Waals surface area contributed by atoms with Crippen molar-refractivity contribution in [3.63, 3.8) is 0 Å². The molecule has 1 aromatic carbocycles. The molecule has 0 heterocycles. The molecule has 0 radical (unpaired) electrons. The predicted octanol–water partition coefficient (Wildman–Crippen LogP) is 3.16. The van der Waals surface area contributed by atoms with Crippen molar-refractivity contribution in [3.8, 4) is 5.75 Å². The van der Waals surface area contributed by atoms with Crippen molar-refractivity contribution in [2.45, 2.75) is 19.8 Å². The van der Waals surface area contributed by atoms with Crippen LogP contribution in [0.4, 0.5) is 0 Å². The first-order chi connectivity index (χ1) is 10.0. The maximum atomic E-state index is 11.5. The van der Waals surface area contributed by atoms with Gasteiger partial charge in [0.2, 0.25) is 0 Å². The zero-order chi connectivity index (χ0) is 15.7. The highest BCUT2D eigenvalue weighted by Crippen LogP contribution is 2.27. The molecule has 0 atom stereocenters. The molecule has 6 heteroatoms. The van der Waals surface area contributed by atoms with Crippen LogP contribution in [-0.2, 0) is 14.3 Å². The van der Waals surface area contributed by atoms with Crippen LogP contribution in [0.2, 0.25) is 5.02 Å². The Balaban J connectivity index is 2.68. The molecule has 1 rings (SSSR count). The van der Waals surface area contributed by atoms with Crippen molar-refractivity contribution < 1.29 is 24.2 Å². The fourth-order valence-electron chi connectivity index (χ4n) is 1.47. The fourth-order valence-corrected chi connectivity index (χ4v) is 1.70. The molecule has 5 nitrogen and oxygen atoms in total. The molecule has 0 unspecified atom stereocenters. The summed E-state index contributed by atoms with van der Waals surface area (Å²) in [6.45, 7) is 2.11. The number of carbonyl (C=O) groups excluding carboxylic acids is 1. The van der Waals surface area contributed by atoms with E-state index < -0.39 is 11.9 Å². The number of carboxylic acid groups (broad SMARTS) is 1. The van der Waals surface area contributed by atoms with Crippen LogP contribution in [0.15, 0.2) is 24.3 Å². The number of hydrogen-bond acceptors (Lipinski definition) is 4. The quantitative estimate of drug-likeness (QED) is 0.453. The van der Waals surface area contributed by atoms with E-state index in [1.807, 2.05) is 6.92 Å². The molecule has 0 aliphatic carbocycles. The van der Waals surface area contributed by atoms with Gasteiger partial charge in [0.1, 0.15) is 5.75 Å².